The average Bonchev–Trinajstić information content (AvgIpc) is 2.83. The molecule has 0 atom stereocenters. The molecule has 0 bridgehead atoms. The number of carbonyl (C=O) groups is 1. The number of halogens is 3. The fraction of sp³-hybridized carbons (Fsp3) is 0.348. The summed E-state index contributed by atoms with van der Waals surface area (Å²) < 4.78 is 45.2. The Morgan fingerprint density at radius 2 is 1.82 bits per heavy atom. The number of aromatic nitrogens is 2. The molecule has 174 valence electrons. The number of hydrogen-bond donors (Lipinski definition) is 0. The number of pyridine rings is 2. The summed E-state index contributed by atoms with van der Waals surface area (Å²) in [5, 5.41) is 0.152. The standard InChI is InChI=1S/C23H23F3N4O3/c1-33-17-4-2-3-16(15-17)21(31)30-13-10-28(11-14-30)9-12-29-8-7-19-18(22(29)32)5-6-20(27-19)23(24,25)26/h2-8,15H,9-14H2,1H3. The van der Waals surface area contributed by atoms with Crippen molar-refractivity contribution in [2.75, 3.05) is 39.8 Å². The van der Waals surface area contributed by atoms with Crippen LogP contribution in [0.15, 0.2) is 53.5 Å². The Hall–Kier alpha value is -3.40. The molecular formula is C23H23F3N4O3. The van der Waals surface area contributed by atoms with E-state index in [1.807, 2.05) is 0 Å². The Bertz CT molecular complexity index is 1220. The van der Waals surface area contributed by atoms with E-state index in [0.717, 1.165) is 6.07 Å². The SMILES string of the molecule is COc1cccc(C(=O)N2CCN(CCn3ccc4nc(C(F)(F)F)ccc4c3=O)CC2)c1. The van der Waals surface area contributed by atoms with Gasteiger partial charge in [-0.25, -0.2) is 4.98 Å². The topological polar surface area (TPSA) is 67.7 Å². The number of benzene rings is 1. The van der Waals surface area contributed by atoms with E-state index < -0.39 is 11.9 Å². The molecule has 2 aromatic heterocycles. The third-order valence-electron chi connectivity index (χ3n) is 5.75. The van der Waals surface area contributed by atoms with E-state index in [1.165, 1.54) is 22.9 Å². The first-order chi connectivity index (χ1) is 15.8. The van der Waals surface area contributed by atoms with Crippen molar-refractivity contribution in [1.29, 1.82) is 0 Å². The van der Waals surface area contributed by atoms with Gasteiger partial charge in [-0.3, -0.25) is 14.5 Å². The van der Waals surface area contributed by atoms with Gasteiger partial charge in [0.2, 0.25) is 0 Å². The van der Waals surface area contributed by atoms with E-state index in [0.29, 0.717) is 50.6 Å². The van der Waals surface area contributed by atoms with Crippen LogP contribution in [0.3, 0.4) is 0 Å². The van der Waals surface area contributed by atoms with Gasteiger partial charge in [-0.15, -0.1) is 0 Å². The van der Waals surface area contributed by atoms with E-state index in [-0.39, 0.29) is 22.4 Å². The molecule has 0 spiro atoms. The number of alkyl halides is 3. The lowest BCUT2D eigenvalue weighted by Crippen LogP contribution is -2.49. The Morgan fingerprint density at radius 3 is 2.52 bits per heavy atom. The molecule has 1 aromatic carbocycles. The van der Waals surface area contributed by atoms with Crippen LogP contribution >= 0.6 is 0 Å². The van der Waals surface area contributed by atoms with E-state index >= 15 is 0 Å². The number of fused-ring (bicyclic) bond motifs is 1. The van der Waals surface area contributed by atoms with Crippen molar-refractivity contribution < 1.29 is 22.7 Å². The minimum absolute atomic E-state index is 0.0238. The van der Waals surface area contributed by atoms with Crippen LogP contribution in [-0.4, -0.2) is 65.1 Å². The van der Waals surface area contributed by atoms with E-state index in [9.17, 15) is 22.8 Å². The lowest BCUT2D eigenvalue weighted by atomic mass is 10.1. The summed E-state index contributed by atoms with van der Waals surface area (Å²) in [5.74, 6) is 0.579. The summed E-state index contributed by atoms with van der Waals surface area (Å²) in [6.45, 7) is 3.42. The largest absolute Gasteiger partial charge is 0.497 e. The maximum Gasteiger partial charge on any atom is 0.433 e. The molecule has 0 saturated carbocycles. The molecule has 3 aromatic rings. The van der Waals surface area contributed by atoms with E-state index in [4.69, 9.17) is 4.74 Å². The maximum atomic E-state index is 12.8. The number of piperazine rings is 1. The molecule has 7 nitrogen and oxygen atoms in total. The first kappa shape index (κ1) is 22.8. The average molecular weight is 460 g/mol. The monoisotopic (exact) mass is 460 g/mol. The highest BCUT2D eigenvalue weighted by Gasteiger charge is 2.32. The molecule has 0 unspecified atom stereocenters. The van der Waals surface area contributed by atoms with Crippen molar-refractivity contribution in [3.63, 3.8) is 0 Å². The third kappa shape index (κ3) is 5.00. The zero-order valence-corrected chi connectivity index (χ0v) is 18.0. The second-order valence-corrected chi connectivity index (χ2v) is 7.81. The zero-order valence-electron chi connectivity index (χ0n) is 18.0. The van der Waals surface area contributed by atoms with E-state index in [2.05, 4.69) is 9.88 Å². The molecule has 0 N–H and O–H groups in total. The van der Waals surface area contributed by atoms with Crippen LogP contribution in [0.4, 0.5) is 13.2 Å². The van der Waals surface area contributed by atoms with Gasteiger partial charge in [0.15, 0.2) is 0 Å². The predicted octanol–water partition coefficient (Wildman–Crippen LogP) is 2.88. The Labute approximate surface area is 188 Å². The van der Waals surface area contributed by atoms with Crippen LogP contribution in [0.2, 0.25) is 0 Å². The fourth-order valence-corrected chi connectivity index (χ4v) is 3.86. The molecule has 4 rings (SSSR count). The normalized spacial score (nSPS) is 15.1. The van der Waals surface area contributed by atoms with Crippen molar-refractivity contribution in [3.05, 3.63) is 70.3 Å². The lowest BCUT2D eigenvalue weighted by molar-refractivity contribution is -0.140. The van der Waals surface area contributed by atoms with Crippen LogP contribution in [0.1, 0.15) is 16.1 Å². The minimum Gasteiger partial charge on any atom is -0.497 e. The van der Waals surface area contributed by atoms with E-state index in [1.54, 1.807) is 36.3 Å². The lowest BCUT2D eigenvalue weighted by Gasteiger charge is -2.34. The molecule has 1 saturated heterocycles. The summed E-state index contributed by atoms with van der Waals surface area (Å²) in [5.41, 5.74) is -0.794. The van der Waals surface area contributed by atoms with Gasteiger partial charge in [0.25, 0.3) is 11.5 Å². The van der Waals surface area contributed by atoms with Gasteiger partial charge in [0, 0.05) is 51.0 Å². The molecular weight excluding hydrogens is 437 g/mol. The molecule has 0 aliphatic carbocycles. The highest BCUT2D eigenvalue weighted by Crippen LogP contribution is 2.28. The highest BCUT2D eigenvalue weighted by molar-refractivity contribution is 5.94. The second kappa shape index (κ2) is 9.22. The maximum absolute atomic E-state index is 12.8. The first-order valence-corrected chi connectivity index (χ1v) is 10.5. The summed E-state index contributed by atoms with van der Waals surface area (Å²) >= 11 is 0. The number of rotatable bonds is 5. The van der Waals surface area contributed by atoms with Crippen molar-refractivity contribution in [3.8, 4) is 5.75 Å². The number of hydrogen-bond acceptors (Lipinski definition) is 5. The van der Waals surface area contributed by atoms with Gasteiger partial charge in [-0.1, -0.05) is 6.07 Å². The van der Waals surface area contributed by atoms with Gasteiger partial charge >= 0.3 is 6.18 Å². The smallest absolute Gasteiger partial charge is 0.433 e. The highest BCUT2D eigenvalue weighted by atomic mass is 19.4. The zero-order chi connectivity index (χ0) is 23.6. The van der Waals surface area contributed by atoms with Gasteiger partial charge < -0.3 is 14.2 Å². The predicted molar refractivity (Wildman–Crippen MR) is 116 cm³/mol. The van der Waals surface area contributed by atoms with Crippen LogP contribution < -0.4 is 10.3 Å². The summed E-state index contributed by atoms with van der Waals surface area (Å²) in [6, 6.07) is 10.5. The molecule has 1 aliphatic heterocycles. The fourth-order valence-electron chi connectivity index (χ4n) is 3.86. The van der Waals surface area contributed by atoms with Crippen LogP contribution in [0.25, 0.3) is 10.9 Å². The van der Waals surface area contributed by atoms with Gasteiger partial charge in [-0.2, -0.15) is 13.2 Å². The van der Waals surface area contributed by atoms with Crippen molar-refractivity contribution in [2.24, 2.45) is 0 Å². The number of methoxy groups -OCH3 is 1. The molecule has 3 heterocycles. The van der Waals surface area contributed by atoms with Crippen LogP contribution in [-0.2, 0) is 12.7 Å². The number of nitrogens with zero attached hydrogens (tertiary/aromatic N) is 4. The van der Waals surface area contributed by atoms with Crippen molar-refractivity contribution in [1.82, 2.24) is 19.4 Å². The van der Waals surface area contributed by atoms with Gasteiger partial charge in [0.1, 0.15) is 11.4 Å². The molecule has 1 aliphatic rings. The molecule has 1 amide bonds. The second-order valence-electron chi connectivity index (χ2n) is 7.81. The molecule has 0 radical (unpaired) electrons. The minimum atomic E-state index is -4.56. The quantitative estimate of drug-likeness (QED) is 0.586. The van der Waals surface area contributed by atoms with Crippen molar-refractivity contribution >= 4 is 16.8 Å². The van der Waals surface area contributed by atoms with Gasteiger partial charge in [-0.05, 0) is 36.4 Å². The van der Waals surface area contributed by atoms with Gasteiger partial charge in [0.05, 0.1) is 18.0 Å². The molecule has 1 fully saturated rings. The number of ether oxygens (including phenoxy) is 1. The number of amides is 1. The molecule has 10 heteroatoms. The van der Waals surface area contributed by atoms with Crippen LogP contribution in [0.5, 0.6) is 5.75 Å². The number of carbonyl (C=O) groups excluding carboxylic acids is 1. The molecule has 33 heavy (non-hydrogen) atoms. The third-order valence-corrected chi connectivity index (χ3v) is 5.75. The first-order valence-electron chi connectivity index (χ1n) is 10.5. The summed E-state index contributed by atoms with van der Waals surface area (Å²) in [7, 11) is 1.56. The van der Waals surface area contributed by atoms with Crippen LogP contribution in [0, 0.1) is 0 Å². The Morgan fingerprint density at radius 1 is 1.06 bits per heavy atom. The van der Waals surface area contributed by atoms with Crippen molar-refractivity contribution in [2.45, 2.75) is 12.7 Å². The Balaban J connectivity index is 1.36. The Kier molecular flexibility index (Phi) is 6.37. The summed E-state index contributed by atoms with van der Waals surface area (Å²) in [4.78, 5) is 32.9. The summed E-state index contributed by atoms with van der Waals surface area (Å²) in [6.07, 6.45) is -3.08.